The van der Waals surface area contributed by atoms with Gasteiger partial charge in [0.25, 0.3) is 0 Å². The standard InChI is InChI=1S/C16H17F2NO/c1-2-19-16(14-8-3-4-9-15(14)18)11-20-13-7-5-6-12(17)10-13/h3-10,16,19H,2,11H2,1H3. The summed E-state index contributed by atoms with van der Waals surface area (Å²) < 4.78 is 32.4. The number of rotatable bonds is 6. The molecule has 1 atom stereocenters. The second-order valence-electron chi connectivity index (χ2n) is 4.40. The molecule has 20 heavy (non-hydrogen) atoms. The molecule has 2 nitrogen and oxygen atoms in total. The van der Waals surface area contributed by atoms with Gasteiger partial charge in [-0.25, -0.2) is 8.78 Å². The molecule has 0 aliphatic carbocycles. The van der Waals surface area contributed by atoms with Crippen molar-refractivity contribution in [2.75, 3.05) is 13.2 Å². The van der Waals surface area contributed by atoms with E-state index >= 15 is 0 Å². The molecule has 0 aromatic heterocycles. The maximum atomic E-state index is 13.8. The summed E-state index contributed by atoms with van der Waals surface area (Å²) in [4.78, 5) is 0. The Morgan fingerprint density at radius 3 is 2.60 bits per heavy atom. The van der Waals surface area contributed by atoms with Gasteiger partial charge in [0, 0.05) is 11.6 Å². The van der Waals surface area contributed by atoms with Crippen LogP contribution >= 0.6 is 0 Å². The second-order valence-corrected chi connectivity index (χ2v) is 4.40. The molecule has 0 heterocycles. The molecular weight excluding hydrogens is 260 g/mol. The van der Waals surface area contributed by atoms with Gasteiger partial charge in [0.05, 0.1) is 6.04 Å². The molecule has 0 aliphatic heterocycles. The largest absolute Gasteiger partial charge is 0.491 e. The fourth-order valence-corrected chi connectivity index (χ4v) is 2.00. The summed E-state index contributed by atoms with van der Waals surface area (Å²) in [6, 6.07) is 12.2. The van der Waals surface area contributed by atoms with Crippen molar-refractivity contribution in [3.05, 3.63) is 65.7 Å². The summed E-state index contributed by atoms with van der Waals surface area (Å²) in [5, 5.41) is 3.17. The van der Waals surface area contributed by atoms with Crippen LogP contribution < -0.4 is 10.1 Å². The van der Waals surface area contributed by atoms with E-state index in [1.165, 1.54) is 18.2 Å². The van der Waals surface area contributed by atoms with Crippen LogP contribution in [0.2, 0.25) is 0 Å². The third-order valence-electron chi connectivity index (χ3n) is 2.94. The number of halogens is 2. The second kappa shape index (κ2) is 7.01. The normalized spacial score (nSPS) is 12.2. The molecule has 0 saturated heterocycles. The zero-order valence-corrected chi connectivity index (χ0v) is 11.3. The van der Waals surface area contributed by atoms with Gasteiger partial charge in [-0.15, -0.1) is 0 Å². The summed E-state index contributed by atoms with van der Waals surface area (Å²) in [6.45, 7) is 2.86. The van der Waals surface area contributed by atoms with Gasteiger partial charge in [-0.2, -0.15) is 0 Å². The van der Waals surface area contributed by atoms with Crippen LogP contribution in [0.5, 0.6) is 5.75 Å². The van der Waals surface area contributed by atoms with Gasteiger partial charge in [0.1, 0.15) is 24.0 Å². The predicted octanol–water partition coefficient (Wildman–Crippen LogP) is 3.69. The zero-order valence-electron chi connectivity index (χ0n) is 11.3. The number of nitrogens with one attached hydrogen (secondary N) is 1. The van der Waals surface area contributed by atoms with Crippen LogP contribution in [0.25, 0.3) is 0 Å². The first-order valence-electron chi connectivity index (χ1n) is 6.57. The van der Waals surface area contributed by atoms with Gasteiger partial charge < -0.3 is 10.1 Å². The van der Waals surface area contributed by atoms with E-state index in [1.54, 1.807) is 30.3 Å². The molecule has 2 aromatic carbocycles. The molecule has 0 radical (unpaired) electrons. The fourth-order valence-electron chi connectivity index (χ4n) is 2.00. The monoisotopic (exact) mass is 277 g/mol. The molecule has 2 aromatic rings. The summed E-state index contributed by atoms with van der Waals surface area (Å²) in [5.41, 5.74) is 0.547. The van der Waals surface area contributed by atoms with Crippen molar-refractivity contribution in [3.8, 4) is 5.75 Å². The van der Waals surface area contributed by atoms with Crippen molar-refractivity contribution >= 4 is 0 Å². The fraction of sp³-hybridized carbons (Fsp3) is 0.250. The number of hydrogen-bond acceptors (Lipinski definition) is 2. The van der Waals surface area contributed by atoms with Crippen LogP contribution in [0.4, 0.5) is 8.78 Å². The first-order valence-corrected chi connectivity index (χ1v) is 6.57. The maximum absolute atomic E-state index is 13.8. The van der Waals surface area contributed by atoms with E-state index in [0.717, 1.165) is 0 Å². The highest BCUT2D eigenvalue weighted by atomic mass is 19.1. The third kappa shape index (κ3) is 3.78. The Hall–Kier alpha value is -1.94. The topological polar surface area (TPSA) is 21.3 Å². The summed E-state index contributed by atoms with van der Waals surface area (Å²) in [6.07, 6.45) is 0. The molecule has 0 saturated carbocycles. The van der Waals surface area contributed by atoms with Crippen molar-refractivity contribution in [3.63, 3.8) is 0 Å². The van der Waals surface area contributed by atoms with E-state index in [1.807, 2.05) is 6.92 Å². The highest BCUT2D eigenvalue weighted by molar-refractivity contribution is 5.24. The highest BCUT2D eigenvalue weighted by Crippen LogP contribution is 2.19. The van der Waals surface area contributed by atoms with Gasteiger partial charge in [0.2, 0.25) is 0 Å². The first-order chi connectivity index (χ1) is 9.70. The molecule has 106 valence electrons. The molecule has 0 fully saturated rings. The summed E-state index contributed by atoms with van der Waals surface area (Å²) in [5.74, 6) is -0.195. The number of likely N-dealkylation sites (N-methyl/N-ethyl adjacent to an activating group) is 1. The van der Waals surface area contributed by atoms with Crippen molar-refractivity contribution in [2.24, 2.45) is 0 Å². The Kier molecular flexibility index (Phi) is 5.07. The lowest BCUT2D eigenvalue weighted by molar-refractivity contribution is 0.264. The molecular formula is C16H17F2NO. The molecule has 4 heteroatoms. The predicted molar refractivity (Wildman–Crippen MR) is 74.7 cm³/mol. The van der Waals surface area contributed by atoms with Gasteiger partial charge in [0.15, 0.2) is 0 Å². The molecule has 0 aliphatic rings. The van der Waals surface area contributed by atoms with E-state index in [4.69, 9.17) is 4.74 Å². The van der Waals surface area contributed by atoms with Crippen molar-refractivity contribution in [1.82, 2.24) is 5.32 Å². The summed E-state index contributed by atoms with van der Waals surface area (Å²) in [7, 11) is 0. The van der Waals surface area contributed by atoms with Crippen LogP contribution in [0, 0.1) is 11.6 Å². The van der Waals surface area contributed by atoms with Gasteiger partial charge in [-0.1, -0.05) is 31.2 Å². The zero-order chi connectivity index (χ0) is 14.4. The number of ether oxygens (including phenoxy) is 1. The minimum absolute atomic E-state index is 0.234. The van der Waals surface area contributed by atoms with Crippen molar-refractivity contribution in [1.29, 1.82) is 0 Å². The van der Waals surface area contributed by atoms with Crippen LogP contribution in [0.15, 0.2) is 48.5 Å². The lowest BCUT2D eigenvalue weighted by Gasteiger charge is -2.19. The van der Waals surface area contributed by atoms with Crippen molar-refractivity contribution in [2.45, 2.75) is 13.0 Å². The quantitative estimate of drug-likeness (QED) is 0.869. The van der Waals surface area contributed by atoms with Crippen LogP contribution in [0.3, 0.4) is 0 Å². The SMILES string of the molecule is CCNC(COc1cccc(F)c1)c1ccccc1F. The molecule has 0 bridgehead atoms. The third-order valence-corrected chi connectivity index (χ3v) is 2.94. The molecule has 1 N–H and O–H groups in total. The highest BCUT2D eigenvalue weighted by Gasteiger charge is 2.15. The van der Waals surface area contributed by atoms with Crippen LogP contribution in [-0.4, -0.2) is 13.2 Å². The van der Waals surface area contributed by atoms with E-state index in [9.17, 15) is 8.78 Å². The smallest absolute Gasteiger partial charge is 0.128 e. The Bertz CT molecular complexity index is 560. The minimum Gasteiger partial charge on any atom is -0.491 e. The Morgan fingerprint density at radius 1 is 1.10 bits per heavy atom. The molecule has 2 rings (SSSR count). The van der Waals surface area contributed by atoms with E-state index < -0.39 is 0 Å². The lowest BCUT2D eigenvalue weighted by Crippen LogP contribution is -2.27. The van der Waals surface area contributed by atoms with Gasteiger partial charge >= 0.3 is 0 Å². The molecule has 0 spiro atoms. The molecule has 1 unspecified atom stereocenters. The van der Waals surface area contributed by atoms with E-state index in [2.05, 4.69) is 5.32 Å². The van der Waals surface area contributed by atoms with Gasteiger partial charge in [-0.3, -0.25) is 0 Å². The average Bonchev–Trinajstić information content (AvgIpc) is 2.44. The first kappa shape index (κ1) is 14.5. The van der Waals surface area contributed by atoms with Crippen LogP contribution in [-0.2, 0) is 0 Å². The van der Waals surface area contributed by atoms with E-state index in [0.29, 0.717) is 17.9 Å². The van der Waals surface area contributed by atoms with Crippen LogP contribution in [0.1, 0.15) is 18.5 Å². The van der Waals surface area contributed by atoms with E-state index in [-0.39, 0.29) is 24.3 Å². The van der Waals surface area contributed by atoms with Crippen molar-refractivity contribution < 1.29 is 13.5 Å². The number of hydrogen-bond donors (Lipinski definition) is 1. The Balaban J connectivity index is 2.08. The Morgan fingerprint density at radius 2 is 1.90 bits per heavy atom. The average molecular weight is 277 g/mol. The molecule has 0 amide bonds. The number of benzene rings is 2. The minimum atomic E-state index is -0.353. The summed E-state index contributed by atoms with van der Waals surface area (Å²) >= 11 is 0. The van der Waals surface area contributed by atoms with Gasteiger partial charge in [-0.05, 0) is 24.7 Å². The lowest BCUT2D eigenvalue weighted by atomic mass is 10.1. The maximum Gasteiger partial charge on any atom is 0.128 e. The Labute approximate surface area is 117 Å².